The van der Waals surface area contributed by atoms with E-state index in [9.17, 15) is 13.2 Å². The molecule has 5 nitrogen and oxygen atoms in total. The maximum absolute atomic E-state index is 12.9. The Labute approximate surface area is 119 Å². The smallest absolute Gasteiger partial charge is 0.354 e. The van der Waals surface area contributed by atoms with Crippen molar-refractivity contribution < 1.29 is 17.9 Å². The molecule has 0 aromatic heterocycles. The highest BCUT2D eigenvalue weighted by molar-refractivity contribution is 7.90. The fraction of sp³-hybridized carbons (Fsp3) is 0.500. The molecular formula is C14H19NO4S. The van der Waals surface area contributed by atoms with E-state index in [1.807, 2.05) is 13.0 Å². The Morgan fingerprint density at radius 2 is 2.15 bits per heavy atom. The second kappa shape index (κ2) is 5.09. The molecule has 1 atom stereocenters. The molecule has 0 radical (unpaired) electrons. The predicted octanol–water partition coefficient (Wildman–Crippen LogP) is 1.74. The number of nitrogens with zero attached hydrogens (tertiary/aromatic N) is 1. The van der Waals surface area contributed by atoms with Gasteiger partial charge in [-0.1, -0.05) is 29.9 Å². The molecule has 1 aliphatic carbocycles. The van der Waals surface area contributed by atoms with E-state index in [1.165, 1.54) is 11.4 Å². The molecule has 1 heterocycles. The van der Waals surface area contributed by atoms with E-state index >= 15 is 0 Å². The number of esters is 1. The minimum absolute atomic E-state index is 0.120. The number of carbonyl (C=O) groups excluding carboxylic acids is 1. The van der Waals surface area contributed by atoms with E-state index in [-0.39, 0.29) is 5.70 Å². The molecule has 0 aromatic carbocycles. The van der Waals surface area contributed by atoms with Gasteiger partial charge in [0.15, 0.2) is 0 Å². The Hall–Kier alpha value is -1.56. The summed E-state index contributed by atoms with van der Waals surface area (Å²) >= 11 is 0. The molecule has 1 aliphatic heterocycles. The van der Waals surface area contributed by atoms with Crippen molar-refractivity contribution in [1.29, 1.82) is 0 Å². The third-order valence-corrected chi connectivity index (χ3v) is 6.09. The van der Waals surface area contributed by atoms with Crippen LogP contribution in [-0.4, -0.2) is 37.1 Å². The molecule has 0 amide bonds. The van der Waals surface area contributed by atoms with Gasteiger partial charge in [0.25, 0.3) is 0 Å². The van der Waals surface area contributed by atoms with Gasteiger partial charge in [-0.2, -0.15) is 0 Å². The largest absolute Gasteiger partial charge is 0.464 e. The van der Waals surface area contributed by atoms with E-state index in [4.69, 9.17) is 0 Å². The lowest BCUT2D eigenvalue weighted by molar-refractivity contribution is -0.137. The van der Waals surface area contributed by atoms with Crippen molar-refractivity contribution in [2.24, 2.45) is 0 Å². The fourth-order valence-electron chi connectivity index (χ4n) is 2.60. The minimum Gasteiger partial charge on any atom is -0.464 e. The first kappa shape index (κ1) is 14.8. The number of hydrogen-bond donors (Lipinski definition) is 0. The molecule has 1 unspecified atom stereocenters. The Morgan fingerprint density at radius 1 is 1.45 bits per heavy atom. The summed E-state index contributed by atoms with van der Waals surface area (Å²) in [6.45, 7) is 3.87. The van der Waals surface area contributed by atoms with Gasteiger partial charge in [-0.05, 0) is 26.7 Å². The topological polar surface area (TPSA) is 63.7 Å². The molecule has 110 valence electrons. The van der Waals surface area contributed by atoms with Gasteiger partial charge in [0, 0.05) is 6.54 Å². The zero-order chi connectivity index (χ0) is 15.0. The summed E-state index contributed by atoms with van der Waals surface area (Å²) in [6, 6.07) is 0. The van der Waals surface area contributed by atoms with E-state index in [1.54, 1.807) is 25.2 Å². The van der Waals surface area contributed by atoms with Crippen LogP contribution in [0.4, 0.5) is 0 Å². The molecule has 2 rings (SSSR count). The number of ether oxygens (including phenoxy) is 1. The summed E-state index contributed by atoms with van der Waals surface area (Å²) in [5, 5.41) is 0. The lowest BCUT2D eigenvalue weighted by atomic mass is 9.96. The quantitative estimate of drug-likeness (QED) is 0.744. The number of sulfonamides is 1. The first-order valence-electron chi connectivity index (χ1n) is 6.47. The van der Waals surface area contributed by atoms with Crippen LogP contribution in [-0.2, 0) is 19.6 Å². The number of allylic oxidation sites excluding steroid dienone is 3. The van der Waals surface area contributed by atoms with Gasteiger partial charge < -0.3 is 4.74 Å². The number of rotatable bonds is 3. The fourth-order valence-corrected chi connectivity index (χ4v) is 4.51. The molecule has 0 spiro atoms. The maximum atomic E-state index is 12.9. The first-order valence-corrected chi connectivity index (χ1v) is 7.91. The van der Waals surface area contributed by atoms with Crippen LogP contribution in [0.15, 0.2) is 35.6 Å². The Morgan fingerprint density at radius 3 is 2.75 bits per heavy atom. The van der Waals surface area contributed by atoms with E-state index < -0.39 is 20.7 Å². The second-order valence-electron chi connectivity index (χ2n) is 5.31. The highest BCUT2D eigenvalue weighted by Crippen LogP contribution is 2.36. The molecule has 20 heavy (non-hydrogen) atoms. The van der Waals surface area contributed by atoms with Crippen molar-refractivity contribution in [2.75, 3.05) is 13.7 Å². The highest BCUT2D eigenvalue weighted by Gasteiger charge is 2.45. The average molecular weight is 297 g/mol. The van der Waals surface area contributed by atoms with Crippen molar-refractivity contribution in [3.8, 4) is 0 Å². The van der Waals surface area contributed by atoms with Crippen LogP contribution in [0.5, 0.6) is 0 Å². The lowest BCUT2D eigenvalue weighted by Gasteiger charge is -2.34. The average Bonchev–Trinajstić information content (AvgIpc) is 2.87. The molecule has 0 N–H and O–H groups in total. The van der Waals surface area contributed by atoms with Crippen molar-refractivity contribution in [3.63, 3.8) is 0 Å². The van der Waals surface area contributed by atoms with Crippen LogP contribution in [0.25, 0.3) is 0 Å². The van der Waals surface area contributed by atoms with Gasteiger partial charge >= 0.3 is 5.97 Å². The Kier molecular flexibility index (Phi) is 3.77. The molecule has 0 saturated heterocycles. The Bertz CT molecular complexity index is 615. The van der Waals surface area contributed by atoms with Crippen LogP contribution < -0.4 is 0 Å². The Balaban J connectivity index is 2.37. The summed E-state index contributed by atoms with van der Waals surface area (Å²) in [4.78, 5) is 11.7. The highest BCUT2D eigenvalue weighted by atomic mass is 32.2. The van der Waals surface area contributed by atoms with E-state index in [0.29, 0.717) is 19.4 Å². The van der Waals surface area contributed by atoms with Crippen molar-refractivity contribution in [1.82, 2.24) is 4.31 Å². The third kappa shape index (κ3) is 2.28. The summed E-state index contributed by atoms with van der Waals surface area (Å²) < 4.78 is 30.6. The monoisotopic (exact) mass is 297 g/mol. The lowest BCUT2D eigenvalue weighted by Crippen LogP contribution is -2.46. The molecule has 0 aromatic rings. The van der Waals surface area contributed by atoms with Gasteiger partial charge in [0.1, 0.15) is 10.4 Å². The first-order chi connectivity index (χ1) is 9.32. The van der Waals surface area contributed by atoms with E-state index in [2.05, 4.69) is 4.74 Å². The standard InChI is InChI=1S/C14H19NO4S/c1-11-6-4-8-14(2,10-11)20(17,18)15-9-5-7-12(15)13(16)19-3/h4,6-8H,5,9-10H2,1-3H3. The zero-order valence-electron chi connectivity index (χ0n) is 11.9. The van der Waals surface area contributed by atoms with Crippen LogP contribution in [0, 0.1) is 0 Å². The van der Waals surface area contributed by atoms with Gasteiger partial charge in [0.2, 0.25) is 10.0 Å². The van der Waals surface area contributed by atoms with Gasteiger partial charge in [-0.15, -0.1) is 0 Å². The SMILES string of the molecule is COC(=O)C1=CCCN1S(=O)(=O)C1(C)C=CC=C(C)C1. The summed E-state index contributed by atoms with van der Waals surface area (Å²) in [5.74, 6) is -0.610. The third-order valence-electron chi connectivity index (χ3n) is 3.67. The van der Waals surface area contributed by atoms with Crippen molar-refractivity contribution >= 4 is 16.0 Å². The molecule has 6 heteroatoms. The second-order valence-corrected chi connectivity index (χ2v) is 7.63. The van der Waals surface area contributed by atoms with Crippen LogP contribution in [0.1, 0.15) is 26.7 Å². The van der Waals surface area contributed by atoms with Crippen LogP contribution in [0.2, 0.25) is 0 Å². The van der Waals surface area contributed by atoms with Gasteiger partial charge in [-0.25, -0.2) is 13.2 Å². The van der Waals surface area contributed by atoms with Crippen LogP contribution >= 0.6 is 0 Å². The van der Waals surface area contributed by atoms with E-state index in [0.717, 1.165) is 5.57 Å². The van der Waals surface area contributed by atoms with Crippen molar-refractivity contribution in [2.45, 2.75) is 31.4 Å². The predicted molar refractivity (Wildman–Crippen MR) is 76.3 cm³/mol. The maximum Gasteiger partial charge on any atom is 0.354 e. The number of methoxy groups -OCH3 is 1. The van der Waals surface area contributed by atoms with Crippen LogP contribution in [0.3, 0.4) is 0 Å². The summed E-state index contributed by atoms with van der Waals surface area (Å²) in [7, 11) is -2.41. The molecular weight excluding hydrogens is 278 g/mol. The molecule has 0 saturated carbocycles. The number of hydrogen-bond acceptors (Lipinski definition) is 4. The molecule has 0 bridgehead atoms. The van der Waals surface area contributed by atoms with Crippen molar-refractivity contribution in [3.05, 3.63) is 35.6 Å². The summed E-state index contributed by atoms with van der Waals surface area (Å²) in [6.07, 6.45) is 7.91. The zero-order valence-corrected chi connectivity index (χ0v) is 12.7. The normalized spacial score (nSPS) is 26.2. The minimum atomic E-state index is -3.66. The molecule has 0 fully saturated rings. The molecule has 2 aliphatic rings. The van der Waals surface area contributed by atoms with Gasteiger partial charge in [0.05, 0.1) is 7.11 Å². The summed E-state index contributed by atoms with van der Waals surface area (Å²) in [5.41, 5.74) is 1.12. The van der Waals surface area contributed by atoms with Gasteiger partial charge in [-0.3, -0.25) is 4.31 Å². The number of carbonyl (C=O) groups is 1.